The third-order valence-corrected chi connectivity index (χ3v) is 10.4. The van der Waals surface area contributed by atoms with Gasteiger partial charge in [-0.05, 0) is 62.8 Å². The second-order valence-electron chi connectivity index (χ2n) is 12.1. The summed E-state index contributed by atoms with van der Waals surface area (Å²) in [5, 5.41) is 8.58. The first kappa shape index (κ1) is 33.0. The van der Waals surface area contributed by atoms with Gasteiger partial charge in [-0.25, -0.2) is 13.2 Å². The summed E-state index contributed by atoms with van der Waals surface area (Å²) in [5.41, 5.74) is 3.13. The van der Waals surface area contributed by atoms with Crippen molar-refractivity contribution in [3.05, 3.63) is 77.2 Å². The predicted octanol–water partition coefficient (Wildman–Crippen LogP) is 5.60. The van der Waals surface area contributed by atoms with Crippen LogP contribution < -0.4 is 15.5 Å². The number of nitrogens with zero attached hydrogens (tertiary/aromatic N) is 2. The van der Waals surface area contributed by atoms with Crippen molar-refractivity contribution in [3.8, 4) is 0 Å². The molecular formula is C33H40N4O8S. The first-order chi connectivity index (χ1) is 21.9. The monoisotopic (exact) mass is 652 g/mol. The molecule has 3 aromatic rings. The lowest BCUT2D eigenvalue weighted by Gasteiger charge is -2.33. The standard InChI is InChI=1S/C33H40N4O8S/c1-21(30(38)43-4)20-46(41,42)32(40)35-33(16-17-33)26-10-12-27(13-11-26)37-18-14-25(15-19-37)29-28(22(2)36-45-29)34-31(39)44-23(3)24-8-6-5-7-9-24/h5-13,21,23,25H,14-20H2,1-4H3,(H,34,39)(H,35,40)/t21?,23-/m1/s1. The summed E-state index contributed by atoms with van der Waals surface area (Å²) in [6, 6.07) is 17.3. The Kier molecular flexibility index (Phi) is 9.71. The van der Waals surface area contributed by atoms with E-state index in [9.17, 15) is 22.8 Å². The van der Waals surface area contributed by atoms with Crippen molar-refractivity contribution >= 4 is 38.5 Å². The molecule has 2 aromatic carbocycles. The molecule has 12 nitrogen and oxygen atoms in total. The summed E-state index contributed by atoms with van der Waals surface area (Å²) in [6.07, 6.45) is 1.82. The van der Waals surface area contributed by atoms with Crippen LogP contribution in [0, 0.1) is 12.8 Å². The number of methoxy groups -OCH3 is 1. The van der Waals surface area contributed by atoms with Gasteiger partial charge < -0.3 is 24.2 Å². The van der Waals surface area contributed by atoms with E-state index >= 15 is 0 Å². The maximum Gasteiger partial charge on any atom is 0.412 e. The van der Waals surface area contributed by atoms with Gasteiger partial charge in [0.1, 0.15) is 17.5 Å². The molecule has 1 aromatic heterocycles. The highest BCUT2D eigenvalue weighted by Crippen LogP contribution is 2.46. The third kappa shape index (κ3) is 7.35. The van der Waals surface area contributed by atoms with E-state index in [0.717, 1.165) is 42.7 Å². The van der Waals surface area contributed by atoms with Gasteiger partial charge in [0.2, 0.25) is 9.84 Å². The number of benzene rings is 2. The van der Waals surface area contributed by atoms with Crippen LogP contribution in [-0.4, -0.2) is 56.8 Å². The van der Waals surface area contributed by atoms with Crippen molar-refractivity contribution in [3.63, 3.8) is 0 Å². The maximum absolute atomic E-state index is 12.7. The van der Waals surface area contributed by atoms with Crippen LogP contribution in [0.1, 0.15) is 74.1 Å². The van der Waals surface area contributed by atoms with E-state index in [2.05, 4.69) is 25.4 Å². The van der Waals surface area contributed by atoms with Gasteiger partial charge in [-0.15, -0.1) is 0 Å². The minimum absolute atomic E-state index is 0.0624. The van der Waals surface area contributed by atoms with Gasteiger partial charge >= 0.3 is 17.3 Å². The number of amides is 2. The predicted molar refractivity (Wildman–Crippen MR) is 171 cm³/mol. The quantitative estimate of drug-likeness (QED) is 0.264. The van der Waals surface area contributed by atoms with Crippen LogP contribution in [0.3, 0.4) is 0 Å². The minimum atomic E-state index is -4.20. The Labute approximate surface area is 268 Å². The Morgan fingerprint density at radius 3 is 2.30 bits per heavy atom. The van der Waals surface area contributed by atoms with Gasteiger partial charge in [-0.2, -0.15) is 0 Å². The van der Waals surface area contributed by atoms with E-state index in [-0.39, 0.29) is 5.92 Å². The van der Waals surface area contributed by atoms with E-state index in [0.29, 0.717) is 30.0 Å². The fourth-order valence-corrected chi connectivity index (χ4v) is 7.15. The Morgan fingerprint density at radius 1 is 1.04 bits per heavy atom. The number of rotatable bonds is 10. The van der Waals surface area contributed by atoms with Crippen LogP contribution in [0.4, 0.5) is 21.0 Å². The Morgan fingerprint density at radius 2 is 1.70 bits per heavy atom. The van der Waals surface area contributed by atoms with Crippen LogP contribution in [-0.2, 0) is 29.6 Å². The zero-order valence-corrected chi connectivity index (χ0v) is 27.3. The summed E-state index contributed by atoms with van der Waals surface area (Å²) in [6.45, 7) is 6.51. The van der Waals surface area contributed by atoms with Crippen LogP contribution in [0.15, 0.2) is 59.1 Å². The summed E-state index contributed by atoms with van der Waals surface area (Å²) in [7, 11) is -3.02. The molecule has 246 valence electrons. The van der Waals surface area contributed by atoms with Crippen LogP contribution in [0.5, 0.6) is 0 Å². The molecule has 0 spiro atoms. The van der Waals surface area contributed by atoms with E-state index < -0.39 is 50.5 Å². The molecule has 2 N–H and O–H groups in total. The number of ether oxygens (including phenoxy) is 2. The highest BCUT2D eigenvalue weighted by molar-refractivity contribution is 8.06. The van der Waals surface area contributed by atoms with Crippen LogP contribution in [0.25, 0.3) is 0 Å². The molecule has 2 amide bonds. The van der Waals surface area contributed by atoms with Crippen molar-refractivity contribution in [1.82, 2.24) is 10.5 Å². The van der Waals surface area contributed by atoms with Gasteiger partial charge in [0.15, 0.2) is 5.76 Å². The van der Waals surface area contributed by atoms with E-state index in [1.54, 1.807) is 6.92 Å². The Balaban J connectivity index is 1.16. The highest BCUT2D eigenvalue weighted by Gasteiger charge is 2.48. The number of aryl methyl sites for hydroxylation is 1. The lowest BCUT2D eigenvalue weighted by atomic mass is 9.92. The number of anilines is 2. The average Bonchev–Trinajstić information content (AvgIpc) is 3.75. The number of carbonyl (C=O) groups excluding carboxylic acids is 3. The lowest BCUT2D eigenvalue weighted by Crippen LogP contribution is -2.41. The number of carbonyl (C=O) groups is 3. The summed E-state index contributed by atoms with van der Waals surface area (Å²) in [4.78, 5) is 39.3. The topological polar surface area (TPSA) is 157 Å². The molecule has 1 saturated heterocycles. The van der Waals surface area contributed by atoms with Gasteiger partial charge in [0.05, 0.1) is 24.3 Å². The summed E-state index contributed by atoms with van der Waals surface area (Å²) < 4.78 is 41.0. The van der Waals surface area contributed by atoms with Crippen molar-refractivity contribution < 1.29 is 36.8 Å². The van der Waals surface area contributed by atoms with Gasteiger partial charge in [-0.3, -0.25) is 14.9 Å². The SMILES string of the molecule is COC(=O)C(C)CS(=O)(=O)C(=O)NC1(c2ccc(N3CCC(c4onc(C)c4NC(=O)O[C@H](C)c4ccccc4)CC3)cc2)CC1. The van der Waals surface area contributed by atoms with Crippen molar-refractivity contribution in [1.29, 1.82) is 0 Å². The highest BCUT2D eigenvalue weighted by atomic mass is 32.2. The van der Waals surface area contributed by atoms with E-state index in [1.807, 2.05) is 61.5 Å². The second-order valence-corrected chi connectivity index (χ2v) is 14.0. The number of nitrogens with one attached hydrogen (secondary N) is 2. The molecule has 1 aliphatic carbocycles. The second kappa shape index (κ2) is 13.5. The Bertz CT molecular complexity index is 1660. The third-order valence-electron chi connectivity index (χ3n) is 8.77. The summed E-state index contributed by atoms with van der Waals surface area (Å²) in [5.74, 6) is -1.54. The smallest absolute Gasteiger partial charge is 0.412 e. The fraction of sp³-hybridized carbons (Fsp3) is 0.455. The largest absolute Gasteiger partial charge is 0.469 e. The molecule has 1 unspecified atom stereocenters. The Hall–Kier alpha value is -4.39. The van der Waals surface area contributed by atoms with Crippen molar-refractivity contribution in [2.45, 2.75) is 64.0 Å². The molecule has 0 radical (unpaired) electrons. The molecule has 2 aliphatic rings. The van der Waals surface area contributed by atoms with Crippen molar-refractivity contribution in [2.24, 2.45) is 5.92 Å². The number of piperidine rings is 1. The molecule has 2 heterocycles. The fourth-order valence-electron chi connectivity index (χ4n) is 5.85. The lowest BCUT2D eigenvalue weighted by molar-refractivity contribution is -0.144. The molecule has 2 fully saturated rings. The van der Waals surface area contributed by atoms with Gasteiger partial charge in [-0.1, -0.05) is 54.5 Å². The average molecular weight is 653 g/mol. The minimum Gasteiger partial charge on any atom is -0.469 e. The summed E-state index contributed by atoms with van der Waals surface area (Å²) >= 11 is 0. The number of hydrogen-bond acceptors (Lipinski definition) is 10. The number of sulfone groups is 1. The molecule has 1 saturated carbocycles. The van der Waals surface area contributed by atoms with E-state index in [1.165, 1.54) is 14.0 Å². The van der Waals surface area contributed by atoms with Crippen LogP contribution >= 0.6 is 0 Å². The van der Waals surface area contributed by atoms with Gasteiger partial charge in [0, 0.05) is 24.7 Å². The molecule has 46 heavy (non-hydrogen) atoms. The first-order valence-corrected chi connectivity index (χ1v) is 17.0. The van der Waals surface area contributed by atoms with Crippen molar-refractivity contribution in [2.75, 3.05) is 36.2 Å². The van der Waals surface area contributed by atoms with Crippen LogP contribution in [0.2, 0.25) is 0 Å². The van der Waals surface area contributed by atoms with E-state index in [4.69, 9.17) is 9.26 Å². The first-order valence-electron chi connectivity index (χ1n) is 15.4. The van der Waals surface area contributed by atoms with Gasteiger partial charge in [0.25, 0.3) is 0 Å². The maximum atomic E-state index is 12.7. The molecule has 0 bridgehead atoms. The zero-order chi connectivity index (χ0) is 33.1. The molecule has 13 heteroatoms. The number of aromatic nitrogens is 1. The molecule has 1 aliphatic heterocycles. The number of hydrogen-bond donors (Lipinski definition) is 2. The zero-order valence-electron chi connectivity index (χ0n) is 26.4. The molecular weight excluding hydrogens is 612 g/mol. The molecule has 5 rings (SSSR count). The molecule has 2 atom stereocenters. The number of esters is 1. The normalized spacial score (nSPS) is 17.4.